The van der Waals surface area contributed by atoms with Crippen molar-refractivity contribution >= 4 is 23.1 Å². The summed E-state index contributed by atoms with van der Waals surface area (Å²) in [6.45, 7) is 0.244. The predicted molar refractivity (Wildman–Crippen MR) is 104 cm³/mol. The molecule has 0 saturated carbocycles. The van der Waals surface area contributed by atoms with Gasteiger partial charge in [0.1, 0.15) is 12.7 Å². The van der Waals surface area contributed by atoms with Crippen molar-refractivity contribution in [3.05, 3.63) is 58.8 Å². The first kappa shape index (κ1) is 20.8. The van der Waals surface area contributed by atoms with Gasteiger partial charge in [0.15, 0.2) is 0 Å². The molecule has 2 N–H and O–H groups in total. The molecule has 11 heteroatoms. The topological polar surface area (TPSA) is 75.1 Å². The molecule has 3 rings (SSSR count). The molecule has 0 aliphatic heterocycles. The van der Waals surface area contributed by atoms with Crippen LogP contribution in [-0.2, 0) is 6.18 Å². The molecule has 0 unspecified atom stereocenters. The third-order valence-corrected chi connectivity index (χ3v) is 4.95. The number of alkyl halides is 3. The summed E-state index contributed by atoms with van der Waals surface area (Å²) in [5, 5.41) is 12.7. The van der Waals surface area contributed by atoms with Gasteiger partial charge >= 0.3 is 12.2 Å². The smallest absolute Gasteiger partial charge is 0.336 e. The summed E-state index contributed by atoms with van der Waals surface area (Å²) in [7, 11) is 3.74. The van der Waals surface area contributed by atoms with Gasteiger partial charge in [-0.1, -0.05) is 0 Å². The summed E-state index contributed by atoms with van der Waals surface area (Å²) in [5.41, 5.74) is -0.0992. The molecule has 2 amide bonds. The van der Waals surface area contributed by atoms with Gasteiger partial charge in [0, 0.05) is 6.54 Å². The lowest BCUT2D eigenvalue weighted by atomic mass is 10.1. The number of benzene rings is 1. The third kappa shape index (κ3) is 5.12. The number of thiophene rings is 1. The van der Waals surface area contributed by atoms with Crippen LogP contribution in [0.25, 0.3) is 5.69 Å². The molecule has 0 fully saturated rings. The number of hydrogen-bond acceptors (Lipinski definition) is 5. The van der Waals surface area contributed by atoms with Gasteiger partial charge in [-0.2, -0.15) is 29.6 Å². The molecule has 1 aromatic carbocycles. The van der Waals surface area contributed by atoms with Gasteiger partial charge < -0.3 is 15.5 Å². The van der Waals surface area contributed by atoms with Crippen molar-refractivity contribution in [2.45, 2.75) is 12.2 Å². The van der Waals surface area contributed by atoms with E-state index in [9.17, 15) is 18.0 Å². The number of hydrogen-bond donors (Lipinski definition) is 2. The highest BCUT2D eigenvalue weighted by Gasteiger charge is 2.34. The Hall–Kier alpha value is -2.92. The molecule has 0 saturated heterocycles. The van der Waals surface area contributed by atoms with E-state index in [0.29, 0.717) is 0 Å². The summed E-state index contributed by atoms with van der Waals surface area (Å²) in [5.74, 6) is 0. The number of likely N-dealkylation sites (N-methyl/N-ethyl adjacent to an activating group) is 1. The molecule has 2 heterocycles. The van der Waals surface area contributed by atoms with Crippen LogP contribution in [0.15, 0.2) is 47.7 Å². The second-order valence-electron chi connectivity index (χ2n) is 6.44. The van der Waals surface area contributed by atoms with Gasteiger partial charge in [0.05, 0.1) is 23.0 Å². The Morgan fingerprint density at radius 2 is 2.10 bits per heavy atom. The highest BCUT2D eigenvalue weighted by molar-refractivity contribution is 7.07. The van der Waals surface area contributed by atoms with E-state index in [1.54, 1.807) is 0 Å². The predicted octanol–water partition coefficient (Wildman–Crippen LogP) is 3.77. The Labute approximate surface area is 169 Å². The Morgan fingerprint density at radius 3 is 2.69 bits per heavy atom. The average Bonchev–Trinajstić information content (AvgIpc) is 3.35. The zero-order chi connectivity index (χ0) is 21.0. The summed E-state index contributed by atoms with van der Waals surface area (Å²) < 4.78 is 41.7. The van der Waals surface area contributed by atoms with Crippen molar-refractivity contribution in [2.75, 3.05) is 26.0 Å². The molecule has 3 aromatic rings. The number of nitrogens with one attached hydrogen (secondary N) is 2. The number of nitrogens with zero attached hydrogens (tertiary/aromatic N) is 4. The molecule has 0 aliphatic rings. The summed E-state index contributed by atoms with van der Waals surface area (Å²) in [6.07, 6.45) is -2.13. The van der Waals surface area contributed by atoms with Crippen LogP contribution < -0.4 is 10.6 Å². The number of urea groups is 1. The minimum atomic E-state index is -4.65. The average molecular weight is 424 g/mol. The SMILES string of the molecule is CN(C)[C@H](CNC(=O)Nc1ccc(-n2cncn2)cc1C(F)(F)F)c1ccsc1. The van der Waals surface area contributed by atoms with Crippen LogP contribution in [0.5, 0.6) is 0 Å². The number of anilines is 1. The van der Waals surface area contributed by atoms with E-state index < -0.39 is 17.8 Å². The standard InChI is InChI=1S/C18H19F3N6OS/c1-26(2)16(12-5-6-29-9-12)8-23-17(28)25-15-4-3-13(27-11-22-10-24-27)7-14(15)18(19,20)21/h3-7,9-11,16H,8H2,1-2H3,(H2,23,25,28)/t16-/m1/s1. The fraction of sp³-hybridized carbons (Fsp3) is 0.278. The van der Waals surface area contributed by atoms with E-state index in [1.807, 2.05) is 35.8 Å². The summed E-state index contributed by atoms with van der Waals surface area (Å²) >= 11 is 1.54. The first-order valence-corrected chi connectivity index (χ1v) is 9.49. The van der Waals surface area contributed by atoms with Crippen molar-refractivity contribution in [1.29, 1.82) is 0 Å². The van der Waals surface area contributed by atoms with Gasteiger partial charge in [-0.3, -0.25) is 0 Å². The number of amides is 2. The Balaban J connectivity index is 1.74. The Morgan fingerprint density at radius 1 is 1.31 bits per heavy atom. The third-order valence-electron chi connectivity index (χ3n) is 4.25. The van der Waals surface area contributed by atoms with Crippen LogP contribution in [0.4, 0.5) is 23.7 Å². The van der Waals surface area contributed by atoms with Gasteiger partial charge in [-0.05, 0) is 54.7 Å². The highest BCUT2D eigenvalue weighted by atomic mass is 32.1. The highest BCUT2D eigenvalue weighted by Crippen LogP contribution is 2.36. The molecule has 0 spiro atoms. The van der Waals surface area contributed by atoms with Gasteiger partial charge in [-0.15, -0.1) is 0 Å². The van der Waals surface area contributed by atoms with Gasteiger partial charge in [0.25, 0.3) is 0 Å². The van der Waals surface area contributed by atoms with Crippen molar-refractivity contribution in [3.8, 4) is 5.69 Å². The number of halogens is 3. The lowest BCUT2D eigenvalue weighted by Gasteiger charge is -2.24. The van der Waals surface area contributed by atoms with Gasteiger partial charge in [-0.25, -0.2) is 14.5 Å². The van der Waals surface area contributed by atoms with Crippen molar-refractivity contribution in [1.82, 2.24) is 25.0 Å². The molecule has 154 valence electrons. The van der Waals surface area contributed by atoms with Crippen LogP contribution in [0.1, 0.15) is 17.2 Å². The Kier molecular flexibility index (Phi) is 6.18. The maximum Gasteiger partial charge on any atom is 0.418 e. The van der Waals surface area contributed by atoms with Crippen molar-refractivity contribution < 1.29 is 18.0 Å². The zero-order valence-electron chi connectivity index (χ0n) is 15.6. The van der Waals surface area contributed by atoms with Gasteiger partial charge in [0.2, 0.25) is 0 Å². The van der Waals surface area contributed by atoms with Crippen LogP contribution in [0.3, 0.4) is 0 Å². The van der Waals surface area contributed by atoms with E-state index >= 15 is 0 Å². The molecule has 2 aromatic heterocycles. The summed E-state index contributed by atoms with van der Waals surface area (Å²) in [6, 6.07) is 4.67. The van der Waals surface area contributed by atoms with Crippen LogP contribution in [-0.4, -0.2) is 46.3 Å². The summed E-state index contributed by atoms with van der Waals surface area (Å²) in [4.78, 5) is 17.9. The molecular formula is C18H19F3N6OS. The van der Waals surface area contributed by atoms with Crippen molar-refractivity contribution in [2.24, 2.45) is 0 Å². The molecule has 29 heavy (non-hydrogen) atoms. The zero-order valence-corrected chi connectivity index (χ0v) is 16.5. The fourth-order valence-electron chi connectivity index (χ4n) is 2.78. The molecular weight excluding hydrogens is 405 g/mol. The number of carbonyl (C=O) groups is 1. The fourth-order valence-corrected chi connectivity index (χ4v) is 3.49. The second kappa shape index (κ2) is 8.62. The number of aromatic nitrogens is 3. The lowest BCUT2D eigenvalue weighted by Crippen LogP contribution is -2.37. The second-order valence-corrected chi connectivity index (χ2v) is 7.22. The maximum absolute atomic E-state index is 13.5. The van der Waals surface area contributed by atoms with E-state index in [-0.39, 0.29) is 24.0 Å². The number of rotatable bonds is 6. The Bertz CT molecular complexity index is 941. The maximum atomic E-state index is 13.5. The normalized spacial score (nSPS) is 12.8. The minimum Gasteiger partial charge on any atom is -0.336 e. The first-order valence-electron chi connectivity index (χ1n) is 8.55. The van der Waals surface area contributed by atoms with E-state index in [2.05, 4.69) is 20.7 Å². The van der Waals surface area contributed by atoms with Crippen LogP contribution >= 0.6 is 11.3 Å². The largest absolute Gasteiger partial charge is 0.418 e. The molecule has 0 aliphatic carbocycles. The quantitative estimate of drug-likeness (QED) is 0.632. The minimum absolute atomic E-state index is 0.0937. The number of carbonyl (C=O) groups excluding carboxylic acids is 1. The van der Waals surface area contributed by atoms with Crippen LogP contribution in [0.2, 0.25) is 0 Å². The lowest BCUT2D eigenvalue weighted by molar-refractivity contribution is -0.136. The van der Waals surface area contributed by atoms with E-state index in [4.69, 9.17) is 0 Å². The van der Waals surface area contributed by atoms with E-state index in [0.717, 1.165) is 11.6 Å². The molecule has 0 radical (unpaired) electrons. The van der Waals surface area contributed by atoms with Crippen LogP contribution in [0, 0.1) is 0 Å². The monoisotopic (exact) mass is 424 g/mol. The first-order chi connectivity index (χ1) is 13.8. The molecule has 7 nitrogen and oxygen atoms in total. The molecule has 0 bridgehead atoms. The molecule has 1 atom stereocenters. The van der Waals surface area contributed by atoms with E-state index in [1.165, 1.54) is 40.8 Å². The van der Waals surface area contributed by atoms with Crippen molar-refractivity contribution in [3.63, 3.8) is 0 Å².